The van der Waals surface area contributed by atoms with Gasteiger partial charge in [-0.05, 0) is 25.2 Å². The van der Waals surface area contributed by atoms with E-state index in [0.717, 1.165) is 19.3 Å². The lowest BCUT2D eigenvalue weighted by molar-refractivity contribution is -0.153. The molecule has 4 heteroatoms. The summed E-state index contributed by atoms with van der Waals surface area (Å²) in [5, 5.41) is 0. The maximum atomic E-state index is 12.0. The highest BCUT2D eigenvalue weighted by molar-refractivity contribution is 5.86. The van der Waals surface area contributed by atoms with Crippen molar-refractivity contribution in [2.75, 3.05) is 0 Å². The highest BCUT2D eigenvalue weighted by Gasteiger charge is 2.37. The number of carbonyl (C=O) groups is 2. The fourth-order valence-corrected chi connectivity index (χ4v) is 1.84. The van der Waals surface area contributed by atoms with E-state index in [0.29, 0.717) is 18.8 Å². The zero-order chi connectivity index (χ0) is 12.8. The number of carbonyl (C=O) groups excluding carboxylic acids is 2. The molecule has 2 atom stereocenters. The molecule has 0 saturated heterocycles. The minimum Gasteiger partial charge on any atom is -0.446 e. The summed E-state index contributed by atoms with van der Waals surface area (Å²) in [5.41, 5.74) is 0. The molecule has 1 unspecified atom stereocenters. The summed E-state index contributed by atoms with van der Waals surface area (Å²) < 4.78 is 5.04. The van der Waals surface area contributed by atoms with Crippen molar-refractivity contribution in [3.8, 4) is 0 Å². The van der Waals surface area contributed by atoms with Gasteiger partial charge in [0, 0.05) is 19.8 Å². The SMILES string of the molecule is [C-]#[N+][C@@H](CCC)C(OC(C)=O)C(=O)CC1CC1. The van der Waals surface area contributed by atoms with E-state index in [4.69, 9.17) is 11.3 Å². The van der Waals surface area contributed by atoms with Crippen molar-refractivity contribution in [1.82, 2.24) is 0 Å². The molecule has 1 rings (SSSR count). The zero-order valence-electron chi connectivity index (χ0n) is 10.4. The number of hydrogen-bond donors (Lipinski definition) is 0. The Bertz CT molecular complexity index is 328. The molecule has 0 aromatic rings. The highest BCUT2D eigenvalue weighted by Crippen LogP contribution is 2.33. The normalized spacial score (nSPS) is 17.9. The molecule has 0 bridgehead atoms. The van der Waals surface area contributed by atoms with Crippen LogP contribution in [0.2, 0.25) is 0 Å². The van der Waals surface area contributed by atoms with Gasteiger partial charge in [-0.2, -0.15) is 0 Å². The molecular weight excluding hydrogens is 218 g/mol. The number of nitrogens with zero attached hydrogens (tertiary/aromatic N) is 1. The lowest BCUT2D eigenvalue weighted by Crippen LogP contribution is -2.36. The van der Waals surface area contributed by atoms with Crippen LogP contribution in [0, 0.1) is 12.5 Å². The van der Waals surface area contributed by atoms with Crippen molar-refractivity contribution >= 4 is 11.8 Å². The minimum absolute atomic E-state index is 0.0860. The average Bonchev–Trinajstić information content (AvgIpc) is 3.06. The van der Waals surface area contributed by atoms with E-state index >= 15 is 0 Å². The Balaban J connectivity index is 2.65. The van der Waals surface area contributed by atoms with Gasteiger partial charge in [-0.3, -0.25) is 9.59 Å². The van der Waals surface area contributed by atoms with Gasteiger partial charge in [0.1, 0.15) is 0 Å². The summed E-state index contributed by atoms with van der Waals surface area (Å²) in [6.07, 6.45) is 3.15. The number of ketones is 1. The standard InChI is InChI=1S/C13H19NO3/c1-4-5-11(14-3)13(17-9(2)15)12(16)8-10-6-7-10/h10-11,13H,4-8H2,1-2H3/t11-,13?/m0/s1. The third kappa shape index (κ3) is 4.56. The predicted octanol–water partition coefficient (Wildman–Crippen LogP) is 2.38. The lowest BCUT2D eigenvalue weighted by atomic mass is 9.99. The first-order valence-electron chi connectivity index (χ1n) is 6.15. The van der Waals surface area contributed by atoms with Gasteiger partial charge in [-0.15, -0.1) is 0 Å². The Hall–Kier alpha value is -1.37. The smallest absolute Gasteiger partial charge is 0.303 e. The number of esters is 1. The quantitative estimate of drug-likeness (QED) is 0.504. The van der Waals surface area contributed by atoms with Gasteiger partial charge in [0.05, 0.1) is 0 Å². The molecule has 0 amide bonds. The minimum atomic E-state index is -0.856. The first-order valence-corrected chi connectivity index (χ1v) is 6.15. The molecular formula is C13H19NO3. The lowest BCUT2D eigenvalue weighted by Gasteiger charge is -2.17. The number of hydrogen-bond acceptors (Lipinski definition) is 3. The first kappa shape index (κ1) is 13.7. The van der Waals surface area contributed by atoms with Gasteiger partial charge in [0.15, 0.2) is 5.78 Å². The Kier molecular flexibility index (Phi) is 5.14. The van der Waals surface area contributed by atoms with Crippen molar-refractivity contribution in [2.45, 2.75) is 58.1 Å². The molecule has 0 radical (unpaired) electrons. The highest BCUT2D eigenvalue weighted by atomic mass is 16.5. The van der Waals surface area contributed by atoms with Crippen LogP contribution >= 0.6 is 0 Å². The maximum Gasteiger partial charge on any atom is 0.303 e. The van der Waals surface area contributed by atoms with Crippen LogP contribution in [0.15, 0.2) is 0 Å². The second-order valence-electron chi connectivity index (χ2n) is 4.63. The molecule has 0 spiro atoms. The molecule has 0 heterocycles. The molecule has 0 aliphatic heterocycles. The topological polar surface area (TPSA) is 47.7 Å². The van der Waals surface area contributed by atoms with Crippen LogP contribution < -0.4 is 0 Å². The van der Waals surface area contributed by atoms with E-state index in [9.17, 15) is 9.59 Å². The van der Waals surface area contributed by atoms with Crippen LogP contribution in [0.1, 0.15) is 46.0 Å². The third-order valence-corrected chi connectivity index (χ3v) is 2.90. The number of ether oxygens (including phenoxy) is 1. The van der Waals surface area contributed by atoms with Crippen LogP contribution in [0.25, 0.3) is 4.85 Å². The Morgan fingerprint density at radius 1 is 1.47 bits per heavy atom. The van der Waals surface area contributed by atoms with Gasteiger partial charge < -0.3 is 9.58 Å². The molecule has 1 fully saturated rings. The van der Waals surface area contributed by atoms with Crippen LogP contribution in [0.4, 0.5) is 0 Å². The Labute approximate surface area is 102 Å². The largest absolute Gasteiger partial charge is 0.446 e. The molecule has 0 aromatic heterocycles. The van der Waals surface area contributed by atoms with Crippen molar-refractivity contribution in [3.05, 3.63) is 11.4 Å². The molecule has 1 aliphatic rings. The van der Waals surface area contributed by atoms with E-state index in [1.807, 2.05) is 6.92 Å². The van der Waals surface area contributed by atoms with Gasteiger partial charge in [-0.1, -0.05) is 6.92 Å². The van der Waals surface area contributed by atoms with E-state index in [2.05, 4.69) is 4.85 Å². The molecule has 94 valence electrons. The summed E-state index contributed by atoms with van der Waals surface area (Å²) in [5.74, 6) is -0.116. The van der Waals surface area contributed by atoms with E-state index in [-0.39, 0.29) is 5.78 Å². The van der Waals surface area contributed by atoms with Crippen molar-refractivity contribution in [1.29, 1.82) is 0 Å². The second kappa shape index (κ2) is 6.39. The fraction of sp³-hybridized carbons (Fsp3) is 0.769. The number of Topliss-reactive ketones (excluding diaryl/α,β-unsaturated/α-hetero) is 1. The maximum absolute atomic E-state index is 12.0. The monoisotopic (exact) mass is 237 g/mol. The van der Waals surface area contributed by atoms with Crippen molar-refractivity contribution in [3.63, 3.8) is 0 Å². The van der Waals surface area contributed by atoms with Crippen LogP contribution in [0.3, 0.4) is 0 Å². The average molecular weight is 237 g/mol. The van der Waals surface area contributed by atoms with Gasteiger partial charge in [-0.25, -0.2) is 6.57 Å². The molecule has 1 saturated carbocycles. The van der Waals surface area contributed by atoms with Crippen LogP contribution in [-0.4, -0.2) is 23.9 Å². The third-order valence-electron chi connectivity index (χ3n) is 2.90. The Morgan fingerprint density at radius 2 is 2.12 bits per heavy atom. The van der Waals surface area contributed by atoms with Crippen LogP contribution in [-0.2, 0) is 14.3 Å². The summed E-state index contributed by atoms with van der Waals surface area (Å²) in [7, 11) is 0. The molecule has 0 aromatic carbocycles. The molecule has 17 heavy (non-hydrogen) atoms. The van der Waals surface area contributed by atoms with Crippen LogP contribution in [0.5, 0.6) is 0 Å². The van der Waals surface area contributed by atoms with E-state index in [1.165, 1.54) is 6.92 Å². The summed E-state index contributed by atoms with van der Waals surface area (Å²) in [4.78, 5) is 26.4. The van der Waals surface area contributed by atoms with E-state index in [1.54, 1.807) is 0 Å². The summed E-state index contributed by atoms with van der Waals surface area (Å²) >= 11 is 0. The summed E-state index contributed by atoms with van der Waals surface area (Å²) in [6, 6.07) is -0.518. The van der Waals surface area contributed by atoms with Crippen molar-refractivity contribution in [2.24, 2.45) is 5.92 Å². The van der Waals surface area contributed by atoms with Crippen molar-refractivity contribution < 1.29 is 14.3 Å². The molecule has 1 aliphatic carbocycles. The van der Waals surface area contributed by atoms with Gasteiger partial charge >= 0.3 is 5.97 Å². The summed E-state index contributed by atoms with van der Waals surface area (Å²) in [6.45, 7) is 10.3. The number of rotatable bonds is 7. The predicted molar refractivity (Wildman–Crippen MR) is 63.2 cm³/mol. The zero-order valence-corrected chi connectivity index (χ0v) is 10.4. The Morgan fingerprint density at radius 3 is 2.53 bits per heavy atom. The second-order valence-corrected chi connectivity index (χ2v) is 4.63. The van der Waals surface area contributed by atoms with E-state index < -0.39 is 18.1 Å². The van der Waals surface area contributed by atoms with Gasteiger partial charge in [0.25, 0.3) is 6.04 Å². The first-order chi connectivity index (χ1) is 8.08. The molecule has 4 nitrogen and oxygen atoms in total. The molecule has 0 N–H and O–H groups in total. The van der Waals surface area contributed by atoms with Gasteiger partial charge in [0.2, 0.25) is 6.10 Å². The fourth-order valence-electron chi connectivity index (χ4n) is 1.84.